The monoisotopic (exact) mass is 480 g/mol. The first-order valence-electron chi connectivity index (χ1n) is 11.4. The van der Waals surface area contributed by atoms with E-state index >= 15 is 0 Å². The van der Waals surface area contributed by atoms with Crippen LogP contribution in [0.2, 0.25) is 5.02 Å². The number of amides is 2. The molecule has 4 aliphatic rings. The number of piperidine rings is 2. The minimum atomic E-state index is -3.34. The zero-order valence-corrected chi connectivity index (χ0v) is 19.5. The van der Waals surface area contributed by atoms with Gasteiger partial charge in [0.15, 0.2) is 0 Å². The minimum absolute atomic E-state index is 0.0355. The summed E-state index contributed by atoms with van der Waals surface area (Å²) in [6, 6.07) is 3.06. The summed E-state index contributed by atoms with van der Waals surface area (Å²) in [7, 11) is -3.34. The van der Waals surface area contributed by atoms with E-state index in [1.54, 1.807) is 21.3 Å². The Labute approximate surface area is 193 Å². The molecule has 4 aliphatic heterocycles. The standard InChI is InChI=1S/C22H29ClN4O4S/c23-19-10-20-14(6-18(19)22(24)29)7-21(28)26(20)17-8-15-3-4-16(9-17)27(15)32(30,31)12-13-2-1-5-25-11-13/h6,10,13,15-17,25H,1-5,7-9,11-12H2,(H2,24,29)/t13-,15?,16?,17?/m0/s1. The molecule has 0 aromatic heterocycles. The fourth-order valence-electron chi connectivity index (χ4n) is 6.17. The fourth-order valence-corrected chi connectivity index (χ4v) is 8.76. The van der Waals surface area contributed by atoms with Gasteiger partial charge in [0.05, 0.1) is 22.8 Å². The van der Waals surface area contributed by atoms with Gasteiger partial charge in [-0.2, -0.15) is 4.31 Å². The van der Waals surface area contributed by atoms with E-state index in [0.717, 1.165) is 50.0 Å². The average Bonchev–Trinajstić information content (AvgIpc) is 3.20. The molecule has 3 N–H and O–H groups in total. The molecule has 174 valence electrons. The van der Waals surface area contributed by atoms with Crippen LogP contribution in [-0.2, 0) is 21.2 Å². The van der Waals surface area contributed by atoms with Crippen molar-refractivity contribution in [1.82, 2.24) is 9.62 Å². The lowest BCUT2D eigenvalue weighted by Gasteiger charge is -2.42. The highest BCUT2D eigenvalue weighted by Gasteiger charge is 2.50. The van der Waals surface area contributed by atoms with Crippen LogP contribution in [0.15, 0.2) is 12.1 Å². The zero-order chi connectivity index (χ0) is 22.6. The van der Waals surface area contributed by atoms with Gasteiger partial charge in [-0.05, 0) is 75.2 Å². The molecule has 0 spiro atoms. The van der Waals surface area contributed by atoms with Gasteiger partial charge in [-0.15, -0.1) is 0 Å². The average molecular weight is 481 g/mol. The Hall–Kier alpha value is -1.68. The van der Waals surface area contributed by atoms with Crippen molar-refractivity contribution in [3.63, 3.8) is 0 Å². The van der Waals surface area contributed by atoms with Crippen molar-refractivity contribution in [2.24, 2.45) is 11.7 Å². The van der Waals surface area contributed by atoms with Crippen LogP contribution in [0.5, 0.6) is 0 Å². The summed E-state index contributed by atoms with van der Waals surface area (Å²) < 4.78 is 28.4. The number of hydrogen-bond acceptors (Lipinski definition) is 5. The fraction of sp³-hybridized carbons (Fsp3) is 0.636. The summed E-state index contributed by atoms with van der Waals surface area (Å²) in [6.07, 6.45) is 5.09. The van der Waals surface area contributed by atoms with Crippen LogP contribution in [0, 0.1) is 5.92 Å². The van der Waals surface area contributed by atoms with Gasteiger partial charge in [-0.1, -0.05) is 11.6 Å². The van der Waals surface area contributed by atoms with Crippen molar-refractivity contribution in [2.75, 3.05) is 23.7 Å². The van der Waals surface area contributed by atoms with E-state index in [1.807, 2.05) is 0 Å². The van der Waals surface area contributed by atoms with Crippen LogP contribution in [0.25, 0.3) is 0 Å². The maximum absolute atomic E-state index is 13.3. The molecule has 0 aliphatic carbocycles. The summed E-state index contributed by atoms with van der Waals surface area (Å²) in [4.78, 5) is 26.3. The number of carbonyl (C=O) groups excluding carboxylic acids is 2. The molecule has 2 unspecified atom stereocenters. The molecule has 32 heavy (non-hydrogen) atoms. The second-order valence-electron chi connectivity index (χ2n) is 9.60. The number of sulfonamides is 1. The molecule has 3 fully saturated rings. The number of rotatable bonds is 5. The Bertz CT molecular complexity index is 1040. The van der Waals surface area contributed by atoms with Gasteiger partial charge in [-0.3, -0.25) is 9.59 Å². The predicted octanol–water partition coefficient (Wildman–Crippen LogP) is 1.65. The summed E-state index contributed by atoms with van der Waals surface area (Å²) in [5.74, 6) is -0.283. The molecule has 8 nitrogen and oxygen atoms in total. The number of carbonyl (C=O) groups is 2. The topological polar surface area (TPSA) is 113 Å². The van der Waals surface area contributed by atoms with E-state index in [2.05, 4.69) is 5.32 Å². The summed E-state index contributed by atoms with van der Waals surface area (Å²) in [6.45, 7) is 1.72. The lowest BCUT2D eigenvalue weighted by molar-refractivity contribution is -0.118. The van der Waals surface area contributed by atoms with E-state index in [-0.39, 0.29) is 52.7 Å². The first kappa shape index (κ1) is 22.1. The van der Waals surface area contributed by atoms with E-state index in [9.17, 15) is 18.0 Å². The molecule has 3 saturated heterocycles. The third kappa shape index (κ3) is 3.83. The van der Waals surface area contributed by atoms with Gasteiger partial charge in [0.1, 0.15) is 0 Å². The highest BCUT2D eigenvalue weighted by atomic mass is 35.5. The van der Waals surface area contributed by atoms with Crippen LogP contribution in [0.3, 0.4) is 0 Å². The molecule has 4 heterocycles. The normalized spacial score (nSPS) is 30.5. The zero-order valence-electron chi connectivity index (χ0n) is 17.9. The maximum Gasteiger partial charge on any atom is 0.250 e. The highest BCUT2D eigenvalue weighted by molar-refractivity contribution is 7.89. The number of anilines is 1. The van der Waals surface area contributed by atoms with Crippen LogP contribution in [0.4, 0.5) is 5.69 Å². The molecule has 5 rings (SSSR count). The predicted molar refractivity (Wildman–Crippen MR) is 122 cm³/mol. The molecule has 1 aromatic rings. The Morgan fingerprint density at radius 2 is 1.88 bits per heavy atom. The largest absolute Gasteiger partial charge is 0.366 e. The van der Waals surface area contributed by atoms with E-state index in [4.69, 9.17) is 17.3 Å². The first-order chi connectivity index (χ1) is 15.2. The number of benzene rings is 1. The maximum atomic E-state index is 13.3. The molecule has 0 radical (unpaired) electrons. The third-order valence-corrected chi connectivity index (χ3v) is 9.92. The Kier molecular flexibility index (Phi) is 5.72. The minimum Gasteiger partial charge on any atom is -0.366 e. The number of hydrogen-bond donors (Lipinski definition) is 2. The van der Waals surface area contributed by atoms with E-state index < -0.39 is 15.9 Å². The van der Waals surface area contributed by atoms with Crippen LogP contribution < -0.4 is 16.0 Å². The number of fused-ring (bicyclic) bond motifs is 3. The van der Waals surface area contributed by atoms with Crippen LogP contribution in [0.1, 0.15) is 54.4 Å². The first-order valence-corrected chi connectivity index (χ1v) is 13.4. The molecule has 1 aromatic carbocycles. The van der Waals surface area contributed by atoms with Crippen molar-refractivity contribution in [3.8, 4) is 0 Å². The number of nitrogens with zero attached hydrogens (tertiary/aromatic N) is 2. The van der Waals surface area contributed by atoms with Crippen molar-refractivity contribution in [2.45, 2.75) is 63.1 Å². The number of nitrogens with two attached hydrogens (primary N) is 1. The van der Waals surface area contributed by atoms with Crippen molar-refractivity contribution >= 4 is 39.1 Å². The van der Waals surface area contributed by atoms with Crippen LogP contribution >= 0.6 is 11.6 Å². The lowest BCUT2D eigenvalue weighted by Crippen LogP contribution is -2.54. The van der Waals surface area contributed by atoms with Gasteiger partial charge in [0.25, 0.3) is 0 Å². The van der Waals surface area contributed by atoms with Crippen molar-refractivity contribution < 1.29 is 18.0 Å². The van der Waals surface area contributed by atoms with E-state index in [0.29, 0.717) is 12.8 Å². The van der Waals surface area contributed by atoms with Gasteiger partial charge in [-0.25, -0.2) is 8.42 Å². The lowest BCUT2D eigenvalue weighted by atomic mass is 9.97. The summed E-state index contributed by atoms with van der Waals surface area (Å²) in [5, 5.41) is 3.54. The van der Waals surface area contributed by atoms with Crippen LogP contribution in [-0.4, -0.2) is 61.5 Å². The summed E-state index contributed by atoms with van der Waals surface area (Å²) in [5.41, 5.74) is 7.09. The highest BCUT2D eigenvalue weighted by Crippen LogP contribution is 2.44. The van der Waals surface area contributed by atoms with E-state index in [1.165, 1.54) is 0 Å². The Morgan fingerprint density at radius 1 is 1.16 bits per heavy atom. The Balaban J connectivity index is 1.36. The molecule has 2 bridgehead atoms. The van der Waals surface area contributed by atoms with Gasteiger partial charge in [0.2, 0.25) is 21.8 Å². The molecular weight excluding hydrogens is 452 g/mol. The molecular formula is C22H29ClN4O4S. The number of halogens is 1. The SMILES string of the molecule is NC(=O)c1cc2c(cc1Cl)N(C1CC3CCC(C1)N3S(=O)(=O)C[C@H]1CCCNC1)C(=O)C2. The molecule has 2 amide bonds. The van der Waals surface area contributed by atoms with Gasteiger partial charge in [0, 0.05) is 23.8 Å². The van der Waals surface area contributed by atoms with Gasteiger partial charge >= 0.3 is 0 Å². The van der Waals surface area contributed by atoms with Gasteiger partial charge < -0.3 is 16.0 Å². The summed E-state index contributed by atoms with van der Waals surface area (Å²) >= 11 is 6.27. The second kappa shape index (κ2) is 8.27. The third-order valence-electron chi connectivity index (χ3n) is 7.48. The van der Waals surface area contributed by atoms with Crippen molar-refractivity contribution in [1.29, 1.82) is 0 Å². The quantitative estimate of drug-likeness (QED) is 0.665. The number of nitrogens with one attached hydrogen (secondary N) is 1. The molecule has 0 saturated carbocycles. The number of primary amides is 1. The second-order valence-corrected chi connectivity index (χ2v) is 11.9. The van der Waals surface area contributed by atoms with Crippen molar-refractivity contribution in [3.05, 3.63) is 28.3 Å². The molecule has 3 atom stereocenters. The molecule has 10 heteroatoms. The smallest absolute Gasteiger partial charge is 0.250 e. The Morgan fingerprint density at radius 3 is 2.50 bits per heavy atom.